The summed E-state index contributed by atoms with van der Waals surface area (Å²) in [5, 5.41) is 11.9. The minimum absolute atomic E-state index is 0.135. The molecule has 0 rings (SSSR count). The maximum Gasteiger partial charge on any atom is 0.306 e. The average Bonchev–Trinajstić information content (AvgIpc) is 0.965. The summed E-state index contributed by atoms with van der Waals surface area (Å²) in [6.45, 7) is 4.61. The molecule has 0 aliphatic carbocycles. The Morgan fingerprint density at radius 1 is 0.290 bits per heavy atom. The van der Waals surface area contributed by atoms with Gasteiger partial charge < -0.3 is 33.3 Å². The van der Waals surface area contributed by atoms with E-state index in [9.17, 15) is 19.5 Å². The van der Waals surface area contributed by atoms with Gasteiger partial charge in [-0.3, -0.25) is 9.59 Å². The predicted octanol–water partition coefficient (Wildman–Crippen LogP) is 27.7. The molecule has 0 saturated heterocycles. The van der Waals surface area contributed by atoms with E-state index in [1.165, 1.54) is 193 Å². The molecule has 0 aliphatic heterocycles. The van der Waals surface area contributed by atoms with Crippen molar-refractivity contribution in [2.75, 3.05) is 47.5 Å². The molecule has 0 aromatic carbocycles. The van der Waals surface area contributed by atoms with Gasteiger partial charge in [-0.1, -0.05) is 389 Å². The molecule has 9 nitrogen and oxygen atoms in total. The molecule has 0 aliphatic rings. The summed E-state index contributed by atoms with van der Waals surface area (Å²) in [5.41, 5.74) is 0. The molecule has 0 heterocycles. The molecule has 0 saturated carbocycles. The first-order valence-corrected chi connectivity index (χ1v) is 43.9. The first kappa shape index (κ1) is 101. The molecular weight excluding hydrogens is 1320 g/mol. The molecule has 9 heteroatoms. The Bertz CT molecular complexity index is 2430. The van der Waals surface area contributed by atoms with Gasteiger partial charge in [0.15, 0.2) is 12.4 Å². The van der Waals surface area contributed by atoms with Crippen LogP contribution in [0.2, 0.25) is 0 Å². The second kappa shape index (κ2) is 86.0. The summed E-state index contributed by atoms with van der Waals surface area (Å²) in [5.74, 6) is -2.32. The van der Waals surface area contributed by atoms with Crippen molar-refractivity contribution < 1.29 is 42.9 Å². The van der Waals surface area contributed by atoms with Crippen molar-refractivity contribution >= 4 is 17.9 Å². The van der Waals surface area contributed by atoms with Gasteiger partial charge in [0.05, 0.1) is 40.3 Å². The van der Waals surface area contributed by atoms with E-state index in [-0.39, 0.29) is 38.6 Å². The molecule has 0 aromatic heterocycles. The number of allylic oxidation sites excluding steroid dienone is 30. The number of esters is 2. The number of carbonyl (C=O) groups excluding carboxylic acids is 3. The maximum atomic E-state index is 13.0. The first-order valence-electron chi connectivity index (χ1n) is 43.9. The van der Waals surface area contributed by atoms with Crippen LogP contribution < -0.4 is 5.11 Å². The third kappa shape index (κ3) is 87.5. The van der Waals surface area contributed by atoms with Gasteiger partial charge in [-0.05, 0) is 141 Å². The van der Waals surface area contributed by atoms with Crippen LogP contribution in [-0.2, 0) is 33.3 Å². The predicted molar refractivity (Wildman–Crippen MR) is 462 cm³/mol. The second-order valence-electron chi connectivity index (χ2n) is 30.1. The molecular formula is C98H163NO8. The summed E-state index contributed by atoms with van der Waals surface area (Å²) in [4.78, 5) is 37.7. The van der Waals surface area contributed by atoms with Crippen LogP contribution in [-0.4, -0.2) is 82.3 Å². The zero-order valence-electron chi connectivity index (χ0n) is 69.7. The molecule has 608 valence electrons. The quantitative estimate of drug-likeness (QED) is 0.0195. The third-order valence-electron chi connectivity index (χ3n) is 18.6. The summed E-state index contributed by atoms with van der Waals surface area (Å²) in [6.07, 6.45) is 128. The highest BCUT2D eigenvalue weighted by molar-refractivity contribution is 5.70. The van der Waals surface area contributed by atoms with Gasteiger partial charge in [0.2, 0.25) is 0 Å². The Morgan fingerprint density at radius 3 is 0.794 bits per heavy atom. The van der Waals surface area contributed by atoms with Crippen molar-refractivity contribution in [3.63, 3.8) is 0 Å². The molecule has 2 unspecified atom stereocenters. The number of ether oxygens (including phenoxy) is 4. The van der Waals surface area contributed by atoms with Gasteiger partial charge in [-0.15, -0.1) is 0 Å². The normalized spacial score (nSPS) is 13.5. The Hall–Kier alpha value is -5.61. The Balaban J connectivity index is 4.07. The van der Waals surface area contributed by atoms with Gasteiger partial charge in [-0.25, -0.2) is 0 Å². The van der Waals surface area contributed by atoms with Crippen LogP contribution >= 0.6 is 0 Å². The SMILES string of the molecule is CC/C=C\C/C=C\C/C=C\C/C=C\C/C=C\C/C=C\C/C=C\C/C=C\C/C=C\C/C=C\C/C=C\C/C=C\CCCCCCC(=O)OC(COC(=O)CCCCCCCCCCCCCCCCCCCCCCCCCCCC/C=C\C/C=C\C/C=C\CCCCCCC)COC(OCC[N+](C)(C)C)C(=O)[O-]. The number of rotatable bonds is 80. The molecule has 107 heavy (non-hydrogen) atoms. The highest BCUT2D eigenvalue weighted by Crippen LogP contribution is 2.18. The zero-order valence-corrected chi connectivity index (χ0v) is 69.7. The highest BCUT2D eigenvalue weighted by Gasteiger charge is 2.22. The summed E-state index contributed by atoms with van der Waals surface area (Å²) >= 11 is 0. The van der Waals surface area contributed by atoms with Crippen molar-refractivity contribution in [3.05, 3.63) is 182 Å². The smallest absolute Gasteiger partial charge is 0.306 e. The minimum Gasteiger partial charge on any atom is -0.545 e. The van der Waals surface area contributed by atoms with Crippen molar-refractivity contribution in [2.24, 2.45) is 0 Å². The fourth-order valence-corrected chi connectivity index (χ4v) is 12.0. The first-order chi connectivity index (χ1) is 52.6. The number of quaternary nitrogens is 1. The van der Waals surface area contributed by atoms with Crippen LogP contribution in [0.15, 0.2) is 182 Å². The van der Waals surface area contributed by atoms with Gasteiger partial charge in [0, 0.05) is 12.8 Å². The molecule has 0 aromatic rings. The molecule has 0 fully saturated rings. The lowest BCUT2D eigenvalue weighted by atomic mass is 10.0. The lowest BCUT2D eigenvalue weighted by Crippen LogP contribution is -2.44. The van der Waals surface area contributed by atoms with E-state index in [1.807, 2.05) is 21.1 Å². The van der Waals surface area contributed by atoms with E-state index in [0.717, 1.165) is 135 Å². The van der Waals surface area contributed by atoms with E-state index >= 15 is 0 Å². The number of hydrogen-bond donors (Lipinski definition) is 0. The van der Waals surface area contributed by atoms with Crippen molar-refractivity contribution in [1.82, 2.24) is 0 Å². The molecule has 2 atom stereocenters. The van der Waals surface area contributed by atoms with Crippen molar-refractivity contribution in [1.29, 1.82) is 0 Å². The van der Waals surface area contributed by atoms with Gasteiger partial charge in [-0.2, -0.15) is 0 Å². The van der Waals surface area contributed by atoms with Gasteiger partial charge in [0.1, 0.15) is 13.2 Å². The second-order valence-corrected chi connectivity index (χ2v) is 30.1. The molecule has 0 amide bonds. The molecule has 0 bridgehead atoms. The molecule has 0 radical (unpaired) electrons. The number of carboxylic acid groups (broad SMARTS) is 1. The van der Waals surface area contributed by atoms with Crippen LogP contribution in [0.1, 0.15) is 361 Å². The monoisotopic (exact) mass is 1480 g/mol. The van der Waals surface area contributed by atoms with Gasteiger partial charge in [0.25, 0.3) is 0 Å². The summed E-state index contributed by atoms with van der Waals surface area (Å²) in [6, 6.07) is 0. The number of unbranched alkanes of at least 4 members (excludes halogenated alkanes) is 35. The van der Waals surface area contributed by atoms with Crippen molar-refractivity contribution in [3.8, 4) is 0 Å². The van der Waals surface area contributed by atoms with Crippen LogP contribution in [0.5, 0.6) is 0 Å². The van der Waals surface area contributed by atoms with Crippen LogP contribution in [0.4, 0.5) is 0 Å². The standard InChI is InChI=1S/C98H163NO8/c1-6-8-10-12-14-16-18-20-22-24-26-28-30-32-34-36-38-40-42-44-46-48-50-52-54-56-58-60-62-64-66-68-70-72-74-76-78-80-82-84-86-88-95(100)105-92-94(93-106-98(97(102)103)104-91-90-99(3,4)5)107-96(101)89-87-85-83-81-79-77-75-73-71-69-67-65-63-61-59-57-55-53-51-49-47-45-43-41-39-37-35-33-31-29-27-25-23-21-19-17-15-13-11-9-7-2/h9,11,15,17-18,20-21,23-24,26-27,29-30,32-33,35,39,41,45,47,51,53,57,59,63,65,69,71,75,77,94,98H,6-8,10,12-14,16,19,22,25,28,31,34,36-38,40,42-44,46,48-50,52,54-56,58,60-62,64,66-68,70,72-74,76,78-93H2,1-5H3/b11-9-,17-15-,20-18-,23-21-,26-24-,29-27-,32-30-,35-33-,41-39-,47-45-,53-51-,59-57-,65-63-,71-69-,77-75-. The third-order valence-corrected chi connectivity index (χ3v) is 18.6. The van der Waals surface area contributed by atoms with Crippen molar-refractivity contribution in [2.45, 2.75) is 373 Å². The largest absolute Gasteiger partial charge is 0.545 e. The number of nitrogens with zero attached hydrogens (tertiary/aromatic N) is 1. The van der Waals surface area contributed by atoms with E-state index in [1.54, 1.807) is 0 Å². The Morgan fingerprint density at radius 2 is 0.533 bits per heavy atom. The lowest BCUT2D eigenvalue weighted by Gasteiger charge is -2.26. The number of carboxylic acids is 1. The fraction of sp³-hybridized carbons (Fsp3) is 0.663. The minimum atomic E-state index is -1.64. The molecule has 0 spiro atoms. The average molecular weight is 1480 g/mol. The number of aliphatic carboxylic acids is 1. The fourth-order valence-electron chi connectivity index (χ4n) is 12.0. The van der Waals surface area contributed by atoms with E-state index in [0.29, 0.717) is 17.4 Å². The molecule has 0 N–H and O–H groups in total. The van der Waals surface area contributed by atoms with E-state index in [4.69, 9.17) is 18.9 Å². The Kier molecular flexibility index (Phi) is 81.5. The summed E-state index contributed by atoms with van der Waals surface area (Å²) < 4.78 is 22.8. The van der Waals surface area contributed by atoms with E-state index < -0.39 is 24.3 Å². The topological polar surface area (TPSA) is 111 Å². The lowest BCUT2D eigenvalue weighted by molar-refractivity contribution is -0.870. The van der Waals surface area contributed by atoms with Crippen LogP contribution in [0.25, 0.3) is 0 Å². The number of likely N-dealkylation sites (N-methyl/N-ethyl adjacent to an activating group) is 1. The number of hydrogen-bond acceptors (Lipinski definition) is 8. The zero-order chi connectivity index (χ0) is 77.4. The van der Waals surface area contributed by atoms with Gasteiger partial charge >= 0.3 is 11.9 Å². The van der Waals surface area contributed by atoms with E-state index in [2.05, 4.69) is 196 Å². The Labute approximate surface area is 659 Å². The maximum absolute atomic E-state index is 13.0. The highest BCUT2D eigenvalue weighted by atomic mass is 16.7. The summed E-state index contributed by atoms with van der Waals surface area (Å²) in [7, 11) is 5.92. The van der Waals surface area contributed by atoms with Crippen LogP contribution in [0.3, 0.4) is 0 Å². The van der Waals surface area contributed by atoms with Crippen LogP contribution in [0, 0.1) is 0 Å². The number of carbonyl (C=O) groups is 3.